The van der Waals surface area contributed by atoms with Gasteiger partial charge in [-0.25, -0.2) is 0 Å². The highest BCUT2D eigenvalue weighted by molar-refractivity contribution is 5.75. The van der Waals surface area contributed by atoms with E-state index < -0.39 is 0 Å². The number of hydrogen-bond donors (Lipinski definition) is 1. The summed E-state index contributed by atoms with van der Waals surface area (Å²) in [4.78, 5) is 12.7. The summed E-state index contributed by atoms with van der Waals surface area (Å²) >= 11 is 0. The van der Waals surface area contributed by atoms with Crippen LogP contribution in [0.3, 0.4) is 0 Å². The molecule has 4 fully saturated rings. The van der Waals surface area contributed by atoms with Crippen LogP contribution in [0.2, 0.25) is 0 Å². The van der Waals surface area contributed by atoms with E-state index in [-0.39, 0.29) is 35.8 Å². The summed E-state index contributed by atoms with van der Waals surface area (Å²) in [5.41, 5.74) is 1.49. The standard InChI is InChI=1S/C23H29NO5/c1-22-5-2-6-23(12-28-23)20(22)8-15-16(21(25)29-19(15)9-22)11-24-10-14-3-4-17-18(7-14)27-13-26-17/h3-4,7,15-16,19-20,24H,2,5-6,8-13H2,1H3/t15-,16+,19+,20-,22+,23-/m0/s1. The van der Waals surface area contributed by atoms with Crippen LogP contribution in [-0.4, -0.2) is 37.6 Å². The van der Waals surface area contributed by atoms with Crippen molar-refractivity contribution in [3.05, 3.63) is 23.8 Å². The fraction of sp³-hybridized carbons (Fsp3) is 0.696. The van der Waals surface area contributed by atoms with Gasteiger partial charge in [0.1, 0.15) is 6.10 Å². The number of carbonyl (C=O) groups is 1. The third kappa shape index (κ3) is 2.87. The zero-order valence-corrected chi connectivity index (χ0v) is 16.9. The smallest absolute Gasteiger partial charge is 0.310 e. The van der Waals surface area contributed by atoms with Crippen LogP contribution in [0.5, 0.6) is 11.5 Å². The Hall–Kier alpha value is -1.79. The van der Waals surface area contributed by atoms with Crippen molar-refractivity contribution in [2.75, 3.05) is 19.9 Å². The van der Waals surface area contributed by atoms with Crippen molar-refractivity contribution in [2.24, 2.45) is 23.2 Å². The van der Waals surface area contributed by atoms with Crippen LogP contribution in [0.25, 0.3) is 0 Å². The van der Waals surface area contributed by atoms with Crippen molar-refractivity contribution < 1.29 is 23.7 Å². The van der Waals surface area contributed by atoms with Gasteiger partial charge in [0.25, 0.3) is 0 Å². The van der Waals surface area contributed by atoms with Gasteiger partial charge in [-0.1, -0.05) is 13.0 Å². The van der Waals surface area contributed by atoms with E-state index in [0.29, 0.717) is 24.9 Å². The highest BCUT2D eigenvalue weighted by Crippen LogP contribution is 2.62. The minimum atomic E-state index is -0.0590. The molecule has 2 saturated heterocycles. The van der Waals surface area contributed by atoms with E-state index in [2.05, 4.69) is 12.2 Å². The molecule has 5 aliphatic rings. The van der Waals surface area contributed by atoms with Crippen LogP contribution >= 0.6 is 0 Å². The summed E-state index contributed by atoms with van der Waals surface area (Å²) in [6.07, 6.45) is 5.79. The molecule has 6 rings (SSSR count). The quantitative estimate of drug-likeness (QED) is 0.620. The van der Waals surface area contributed by atoms with Gasteiger partial charge in [-0.2, -0.15) is 0 Å². The molecule has 1 N–H and O–H groups in total. The van der Waals surface area contributed by atoms with Gasteiger partial charge in [-0.05, 0) is 61.1 Å². The molecule has 1 aromatic carbocycles. The van der Waals surface area contributed by atoms with E-state index in [9.17, 15) is 4.79 Å². The first-order valence-electron chi connectivity index (χ1n) is 11.0. The van der Waals surface area contributed by atoms with Crippen molar-refractivity contribution in [1.29, 1.82) is 0 Å². The van der Waals surface area contributed by atoms with Gasteiger partial charge in [-0.3, -0.25) is 4.79 Å². The minimum absolute atomic E-state index is 0.0220. The first-order chi connectivity index (χ1) is 14.1. The van der Waals surface area contributed by atoms with Gasteiger partial charge in [0.15, 0.2) is 11.5 Å². The third-order valence-corrected chi connectivity index (χ3v) is 8.21. The van der Waals surface area contributed by atoms with Crippen LogP contribution in [0.4, 0.5) is 0 Å². The SMILES string of the molecule is C[C@]12CCC[C@]3(CO3)[C@H]1C[C@@H]1[C@@H](C2)OC(=O)[C@@H]1CNCc1ccc2c(c1)OCO2. The predicted octanol–water partition coefficient (Wildman–Crippen LogP) is 3.03. The van der Waals surface area contributed by atoms with E-state index in [1.165, 1.54) is 19.3 Å². The molecule has 0 unspecified atom stereocenters. The number of benzene rings is 1. The molecule has 1 aromatic rings. The van der Waals surface area contributed by atoms with E-state index >= 15 is 0 Å². The maximum absolute atomic E-state index is 12.7. The Kier molecular flexibility index (Phi) is 3.95. The molecule has 156 valence electrons. The average Bonchev–Trinajstić information content (AvgIpc) is 3.18. The zero-order valence-electron chi connectivity index (χ0n) is 16.9. The third-order valence-electron chi connectivity index (χ3n) is 8.21. The normalized spacial score (nSPS) is 41.8. The molecule has 3 heterocycles. The van der Waals surface area contributed by atoms with Crippen LogP contribution in [0.1, 0.15) is 44.6 Å². The lowest BCUT2D eigenvalue weighted by molar-refractivity contribution is -0.147. The van der Waals surface area contributed by atoms with Crippen molar-refractivity contribution in [3.63, 3.8) is 0 Å². The zero-order chi connectivity index (χ0) is 19.6. The number of nitrogens with one attached hydrogen (secondary N) is 1. The summed E-state index contributed by atoms with van der Waals surface area (Å²) in [5.74, 6) is 2.38. The molecule has 2 aliphatic carbocycles. The fourth-order valence-corrected chi connectivity index (χ4v) is 6.61. The van der Waals surface area contributed by atoms with Gasteiger partial charge in [0.05, 0.1) is 18.1 Å². The van der Waals surface area contributed by atoms with Gasteiger partial charge in [0, 0.05) is 19.0 Å². The van der Waals surface area contributed by atoms with Crippen LogP contribution < -0.4 is 14.8 Å². The lowest BCUT2D eigenvalue weighted by atomic mass is 9.53. The maximum atomic E-state index is 12.7. The van der Waals surface area contributed by atoms with Crippen LogP contribution in [0, 0.1) is 23.2 Å². The molecule has 0 bridgehead atoms. The lowest BCUT2D eigenvalue weighted by Crippen LogP contribution is -2.51. The minimum Gasteiger partial charge on any atom is -0.462 e. The summed E-state index contributed by atoms with van der Waals surface area (Å²) in [7, 11) is 0. The van der Waals surface area contributed by atoms with Crippen LogP contribution in [0.15, 0.2) is 18.2 Å². The van der Waals surface area contributed by atoms with Gasteiger partial charge in [-0.15, -0.1) is 0 Å². The first kappa shape index (κ1) is 18.0. The van der Waals surface area contributed by atoms with E-state index in [1.807, 2.05) is 18.2 Å². The van der Waals surface area contributed by atoms with E-state index in [4.69, 9.17) is 18.9 Å². The lowest BCUT2D eigenvalue weighted by Gasteiger charge is -2.51. The molecule has 1 spiro atoms. The highest BCUT2D eigenvalue weighted by atomic mass is 16.7. The van der Waals surface area contributed by atoms with Crippen LogP contribution in [-0.2, 0) is 20.8 Å². The Balaban J connectivity index is 1.13. The summed E-state index contributed by atoms with van der Waals surface area (Å²) in [6, 6.07) is 5.99. The second-order valence-electron chi connectivity index (χ2n) is 9.92. The molecule has 0 aromatic heterocycles. The second kappa shape index (κ2) is 6.35. The Morgan fingerprint density at radius 1 is 1.21 bits per heavy atom. The molecule has 3 aliphatic heterocycles. The number of carbonyl (C=O) groups excluding carboxylic acids is 1. The van der Waals surface area contributed by atoms with E-state index in [1.54, 1.807) is 0 Å². The molecule has 29 heavy (non-hydrogen) atoms. The maximum Gasteiger partial charge on any atom is 0.310 e. The van der Waals surface area contributed by atoms with Crippen molar-refractivity contribution >= 4 is 5.97 Å². The molecule has 2 saturated carbocycles. The summed E-state index contributed by atoms with van der Waals surface area (Å²) < 4.78 is 22.7. The fourth-order valence-electron chi connectivity index (χ4n) is 6.61. The average molecular weight is 399 g/mol. The first-order valence-corrected chi connectivity index (χ1v) is 11.0. The number of rotatable bonds is 4. The molecule has 0 amide bonds. The summed E-state index contributed by atoms with van der Waals surface area (Å²) in [5, 5.41) is 3.49. The molecule has 0 radical (unpaired) electrons. The largest absolute Gasteiger partial charge is 0.462 e. The van der Waals surface area contributed by atoms with Crippen molar-refractivity contribution in [3.8, 4) is 11.5 Å². The van der Waals surface area contributed by atoms with Crippen molar-refractivity contribution in [1.82, 2.24) is 5.32 Å². The van der Waals surface area contributed by atoms with Gasteiger partial charge >= 0.3 is 5.97 Å². The Bertz CT molecular complexity index is 837. The molecule has 6 nitrogen and oxygen atoms in total. The van der Waals surface area contributed by atoms with Gasteiger partial charge < -0.3 is 24.3 Å². The van der Waals surface area contributed by atoms with Gasteiger partial charge in [0.2, 0.25) is 6.79 Å². The summed E-state index contributed by atoms with van der Waals surface area (Å²) in [6.45, 7) is 4.95. The molecule has 6 atom stereocenters. The molecular formula is C23H29NO5. The monoisotopic (exact) mass is 399 g/mol. The second-order valence-corrected chi connectivity index (χ2v) is 9.92. The number of fused-ring (bicyclic) bond motifs is 4. The number of ether oxygens (including phenoxy) is 4. The topological polar surface area (TPSA) is 69.3 Å². The predicted molar refractivity (Wildman–Crippen MR) is 104 cm³/mol. The molecule has 6 heteroatoms. The Morgan fingerprint density at radius 3 is 2.93 bits per heavy atom. The number of hydrogen-bond acceptors (Lipinski definition) is 6. The Morgan fingerprint density at radius 2 is 2.07 bits per heavy atom. The number of esters is 1. The van der Waals surface area contributed by atoms with Crippen molar-refractivity contribution in [2.45, 2.75) is 57.3 Å². The number of epoxide rings is 1. The highest BCUT2D eigenvalue weighted by Gasteiger charge is 2.64. The van der Waals surface area contributed by atoms with E-state index in [0.717, 1.165) is 36.5 Å². The molecular weight excluding hydrogens is 370 g/mol. The Labute approximate surface area is 171 Å².